The lowest BCUT2D eigenvalue weighted by Crippen LogP contribution is -2.07. The van der Waals surface area contributed by atoms with Gasteiger partial charge in [0.05, 0.1) is 21.7 Å². The molecule has 1 aromatic heterocycles. The van der Waals surface area contributed by atoms with Crippen molar-refractivity contribution >= 4 is 39.1 Å². The zero-order chi connectivity index (χ0) is 18.0. The normalized spacial score (nSPS) is 9.84. The van der Waals surface area contributed by atoms with Gasteiger partial charge in [-0.15, -0.1) is 0 Å². The van der Waals surface area contributed by atoms with Crippen molar-refractivity contribution in [1.82, 2.24) is 4.98 Å². The molecule has 0 amide bonds. The van der Waals surface area contributed by atoms with Gasteiger partial charge in [-0.25, -0.2) is 0 Å². The second-order valence-electron chi connectivity index (χ2n) is 5.06. The molecule has 0 aliphatic rings. The average molecular weight is 346 g/mol. The third-order valence-corrected chi connectivity index (χ3v) is 3.98. The van der Waals surface area contributed by atoms with E-state index in [2.05, 4.69) is 10.3 Å². The summed E-state index contributed by atoms with van der Waals surface area (Å²) < 4.78 is 0. The first-order valence-electron chi connectivity index (χ1n) is 7.05. The molecule has 7 heteroatoms. The number of nitrogens with zero attached hydrogens (tertiary/aromatic N) is 3. The van der Waals surface area contributed by atoms with Gasteiger partial charge in [0, 0.05) is 10.8 Å². The van der Waals surface area contributed by atoms with Gasteiger partial charge < -0.3 is 10.3 Å². The van der Waals surface area contributed by atoms with Crippen LogP contribution in [0.2, 0.25) is 5.02 Å². The van der Waals surface area contributed by atoms with Crippen LogP contribution < -0.4 is 10.7 Å². The minimum Gasteiger partial charge on any atom is -0.351 e. The van der Waals surface area contributed by atoms with Gasteiger partial charge in [0.15, 0.2) is 11.0 Å². The number of fused-ring (bicyclic) bond motifs is 2. The van der Waals surface area contributed by atoms with E-state index in [4.69, 9.17) is 22.1 Å². The number of para-hydroxylation sites is 2. The Labute approximate surface area is 146 Å². The molecule has 3 aromatic rings. The van der Waals surface area contributed by atoms with Crippen LogP contribution in [0.5, 0.6) is 0 Å². The molecule has 0 spiro atoms. The third kappa shape index (κ3) is 2.66. The number of benzene rings is 2. The summed E-state index contributed by atoms with van der Waals surface area (Å²) in [7, 11) is 0. The lowest BCUT2D eigenvalue weighted by molar-refractivity contribution is 1.37. The predicted octanol–water partition coefficient (Wildman–Crippen LogP) is 3.57. The molecule has 0 saturated heterocycles. The second-order valence-corrected chi connectivity index (χ2v) is 5.46. The Bertz CT molecular complexity index is 1220. The number of halogens is 1. The molecule has 2 aromatic carbocycles. The van der Waals surface area contributed by atoms with E-state index in [9.17, 15) is 10.1 Å². The Balaban J connectivity index is 2.34. The quantitative estimate of drug-likeness (QED) is 0.544. The summed E-state index contributed by atoms with van der Waals surface area (Å²) in [5, 5.41) is 31.1. The molecule has 3 rings (SSSR count). The van der Waals surface area contributed by atoms with E-state index < -0.39 is 0 Å². The number of H-pyrrole nitrogens is 1. The maximum atomic E-state index is 12.7. The highest BCUT2D eigenvalue weighted by molar-refractivity contribution is 6.35. The summed E-state index contributed by atoms with van der Waals surface area (Å²) in [5.41, 5.74) is 0.530. The molecule has 0 radical (unpaired) electrons. The number of nitriles is 3. The van der Waals surface area contributed by atoms with Gasteiger partial charge in [0.1, 0.15) is 23.9 Å². The number of rotatable bonds is 2. The maximum absolute atomic E-state index is 12.7. The maximum Gasteiger partial charge on any atom is 0.197 e. The van der Waals surface area contributed by atoms with Crippen molar-refractivity contribution in [2.24, 2.45) is 0 Å². The smallest absolute Gasteiger partial charge is 0.197 e. The van der Waals surface area contributed by atoms with Crippen molar-refractivity contribution < 1.29 is 0 Å². The predicted molar refractivity (Wildman–Crippen MR) is 94.6 cm³/mol. The summed E-state index contributed by atoms with van der Waals surface area (Å²) in [5.74, 6) is 0. The summed E-state index contributed by atoms with van der Waals surface area (Å²) in [4.78, 5) is 15.8. The molecule has 0 aliphatic carbocycles. The van der Waals surface area contributed by atoms with Crippen molar-refractivity contribution in [3.63, 3.8) is 0 Å². The molecule has 0 bridgehead atoms. The number of nitrogens with one attached hydrogen (secondary N) is 2. The Hall–Kier alpha value is -3.79. The van der Waals surface area contributed by atoms with Crippen LogP contribution in [0.4, 0.5) is 5.69 Å². The SMILES string of the molecule is N#CC(C#N)=C(C#N)Nc1cccc2c(=O)c3cccc(Cl)c3[nH]c12. The van der Waals surface area contributed by atoms with E-state index in [1.165, 1.54) is 0 Å². The second kappa shape index (κ2) is 6.37. The fourth-order valence-electron chi connectivity index (χ4n) is 2.51. The molecule has 25 heavy (non-hydrogen) atoms. The van der Waals surface area contributed by atoms with Gasteiger partial charge >= 0.3 is 0 Å². The number of pyridine rings is 1. The van der Waals surface area contributed by atoms with Crippen LogP contribution in [0.15, 0.2) is 52.5 Å². The van der Waals surface area contributed by atoms with Crippen LogP contribution in [0.3, 0.4) is 0 Å². The minimum atomic E-state index is -0.347. The molecule has 1 heterocycles. The zero-order valence-corrected chi connectivity index (χ0v) is 13.3. The zero-order valence-electron chi connectivity index (χ0n) is 12.6. The van der Waals surface area contributed by atoms with Crippen LogP contribution in [0.1, 0.15) is 0 Å². The largest absolute Gasteiger partial charge is 0.351 e. The number of allylic oxidation sites excluding steroid dienone is 2. The van der Waals surface area contributed by atoms with Gasteiger partial charge in [-0.2, -0.15) is 15.8 Å². The molecule has 0 saturated carbocycles. The molecule has 0 unspecified atom stereocenters. The van der Waals surface area contributed by atoms with Crippen molar-refractivity contribution in [3.8, 4) is 18.2 Å². The molecule has 0 aliphatic heterocycles. The first-order chi connectivity index (χ1) is 12.1. The molecule has 6 nitrogen and oxygen atoms in total. The highest BCUT2D eigenvalue weighted by Gasteiger charge is 2.13. The van der Waals surface area contributed by atoms with E-state index in [-0.39, 0.29) is 16.7 Å². The van der Waals surface area contributed by atoms with Crippen LogP contribution in [0, 0.1) is 34.0 Å². The Kier molecular flexibility index (Phi) is 4.10. The fourth-order valence-corrected chi connectivity index (χ4v) is 2.73. The molecule has 0 atom stereocenters. The van der Waals surface area contributed by atoms with Gasteiger partial charge in [0.2, 0.25) is 0 Å². The number of aromatic nitrogens is 1. The molecule has 118 valence electrons. The van der Waals surface area contributed by atoms with E-state index in [1.807, 2.05) is 0 Å². The van der Waals surface area contributed by atoms with Crippen molar-refractivity contribution in [2.75, 3.05) is 5.32 Å². The summed E-state index contributed by atoms with van der Waals surface area (Å²) >= 11 is 6.17. The van der Waals surface area contributed by atoms with Gasteiger partial charge in [0.25, 0.3) is 0 Å². The highest BCUT2D eigenvalue weighted by Crippen LogP contribution is 2.26. The van der Waals surface area contributed by atoms with Crippen molar-refractivity contribution in [3.05, 3.63) is 62.9 Å². The van der Waals surface area contributed by atoms with Gasteiger partial charge in [-0.3, -0.25) is 4.79 Å². The van der Waals surface area contributed by atoms with Crippen LogP contribution >= 0.6 is 11.6 Å². The molecular formula is C18H8ClN5O. The molecule has 2 N–H and O–H groups in total. The van der Waals surface area contributed by atoms with E-state index in [0.717, 1.165) is 0 Å². The summed E-state index contributed by atoms with van der Waals surface area (Å²) in [6.45, 7) is 0. The number of aromatic amines is 1. The average Bonchev–Trinajstić information content (AvgIpc) is 2.63. The van der Waals surface area contributed by atoms with Crippen molar-refractivity contribution in [2.45, 2.75) is 0 Å². The van der Waals surface area contributed by atoms with Crippen LogP contribution in [-0.2, 0) is 0 Å². The van der Waals surface area contributed by atoms with Gasteiger partial charge in [-0.05, 0) is 24.3 Å². The first-order valence-corrected chi connectivity index (χ1v) is 7.43. The minimum absolute atomic E-state index is 0.197. The Morgan fingerprint density at radius 3 is 2.24 bits per heavy atom. The lowest BCUT2D eigenvalue weighted by atomic mass is 10.1. The topological polar surface area (TPSA) is 116 Å². The van der Waals surface area contributed by atoms with Crippen molar-refractivity contribution in [1.29, 1.82) is 15.8 Å². The highest BCUT2D eigenvalue weighted by atomic mass is 35.5. The van der Waals surface area contributed by atoms with E-state index in [1.54, 1.807) is 54.6 Å². The summed E-state index contributed by atoms with van der Waals surface area (Å²) in [6, 6.07) is 15.0. The van der Waals surface area contributed by atoms with Gasteiger partial charge in [-0.1, -0.05) is 23.7 Å². The Morgan fingerprint density at radius 2 is 1.60 bits per heavy atom. The third-order valence-electron chi connectivity index (χ3n) is 3.66. The lowest BCUT2D eigenvalue weighted by Gasteiger charge is -2.10. The van der Waals surface area contributed by atoms with Crippen LogP contribution in [0.25, 0.3) is 21.8 Å². The first kappa shape index (κ1) is 16.1. The van der Waals surface area contributed by atoms with Crippen LogP contribution in [-0.4, -0.2) is 4.98 Å². The number of hydrogen-bond acceptors (Lipinski definition) is 5. The monoisotopic (exact) mass is 345 g/mol. The molecule has 0 fully saturated rings. The Morgan fingerprint density at radius 1 is 0.960 bits per heavy atom. The summed E-state index contributed by atoms with van der Waals surface area (Å²) in [6.07, 6.45) is 0. The fraction of sp³-hybridized carbons (Fsp3) is 0. The standard InChI is InChI=1S/C18H8ClN5O/c19-13-5-1-3-11-16(13)24-17-12(18(11)25)4-2-6-14(17)23-15(9-22)10(7-20)8-21/h1-6,23H,(H,24,25). The number of hydrogen-bond donors (Lipinski definition) is 2. The number of anilines is 1. The van der Waals surface area contributed by atoms with E-state index in [0.29, 0.717) is 32.5 Å². The van der Waals surface area contributed by atoms with E-state index >= 15 is 0 Å². The molecular weight excluding hydrogens is 338 g/mol.